The zero-order valence-corrected chi connectivity index (χ0v) is 8.29. The van der Waals surface area contributed by atoms with Crippen molar-refractivity contribution in [2.75, 3.05) is 6.61 Å². The molecule has 14 heavy (non-hydrogen) atoms. The number of ether oxygens (including phenoxy) is 1. The molecule has 1 aromatic rings. The van der Waals surface area contributed by atoms with Gasteiger partial charge in [0.2, 0.25) is 0 Å². The molecule has 1 saturated carbocycles. The van der Waals surface area contributed by atoms with Gasteiger partial charge >= 0.3 is 0 Å². The van der Waals surface area contributed by atoms with Gasteiger partial charge in [0, 0.05) is 11.1 Å². The fourth-order valence-electron chi connectivity index (χ4n) is 1.57. The molecule has 1 aromatic carbocycles. The molecule has 0 aliphatic heterocycles. The minimum atomic E-state index is -0.308. The third-order valence-corrected chi connectivity index (χ3v) is 2.60. The van der Waals surface area contributed by atoms with Crippen LogP contribution in [0.1, 0.15) is 25.3 Å². The number of phenols is 1. The smallest absolute Gasteiger partial charge is 0.120 e. The standard InChI is InChI=1S/C11H15NO2/c1-2-14-8-3-4-10(13)9(7-8)11(12)5-6-11/h3-4,7,13H,2,5-6,12H2,1H3. The van der Waals surface area contributed by atoms with Gasteiger partial charge in [-0.05, 0) is 38.0 Å². The highest BCUT2D eigenvalue weighted by molar-refractivity contribution is 5.46. The molecule has 0 saturated heterocycles. The van der Waals surface area contributed by atoms with E-state index in [4.69, 9.17) is 10.5 Å². The van der Waals surface area contributed by atoms with Gasteiger partial charge in [-0.1, -0.05) is 0 Å². The fraction of sp³-hybridized carbons (Fsp3) is 0.455. The lowest BCUT2D eigenvalue weighted by Gasteiger charge is -2.13. The molecule has 0 atom stereocenters. The van der Waals surface area contributed by atoms with Crippen molar-refractivity contribution in [2.24, 2.45) is 5.73 Å². The topological polar surface area (TPSA) is 55.5 Å². The van der Waals surface area contributed by atoms with Gasteiger partial charge in [0.25, 0.3) is 0 Å². The van der Waals surface area contributed by atoms with Crippen molar-refractivity contribution in [2.45, 2.75) is 25.3 Å². The molecule has 0 heterocycles. The van der Waals surface area contributed by atoms with E-state index in [0.29, 0.717) is 6.61 Å². The van der Waals surface area contributed by atoms with Crippen LogP contribution in [-0.2, 0) is 5.54 Å². The average Bonchev–Trinajstić information content (AvgIpc) is 2.89. The lowest BCUT2D eigenvalue weighted by Crippen LogP contribution is -2.18. The summed E-state index contributed by atoms with van der Waals surface area (Å²) < 4.78 is 5.36. The number of aromatic hydroxyl groups is 1. The van der Waals surface area contributed by atoms with Gasteiger partial charge in [0.1, 0.15) is 11.5 Å². The number of hydrogen-bond donors (Lipinski definition) is 2. The molecule has 0 radical (unpaired) electrons. The van der Waals surface area contributed by atoms with E-state index in [2.05, 4.69) is 0 Å². The summed E-state index contributed by atoms with van der Waals surface area (Å²) in [6.07, 6.45) is 1.88. The van der Waals surface area contributed by atoms with Crippen LogP contribution in [0.5, 0.6) is 11.5 Å². The van der Waals surface area contributed by atoms with Crippen molar-refractivity contribution in [1.29, 1.82) is 0 Å². The summed E-state index contributed by atoms with van der Waals surface area (Å²) in [4.78, 5) is 0. The van der Waals surface area contributed by atoms with Crippen LogP contribution in [0.4, 0.5) is 0 Å². The number of phenolic OH excluding ortho intramolecular Hbond substituents is 1. The first kappa shape index (κ1) is 9.34. The van der Waals surface area contributed by atoms with E-state index in [1.807, 2.05) is 13.0 Å². The summed E-state index contributed by atoms with van der Waals surface area (Å²) >= 11 is 0. The molecule has 1 aliphatic rings. The van der Waals surface area contributed by atoms with Crippen LogP contribution in [0, 0.1) is 0 Å². The summed E-state index contributed by atoms with van der Waals surface area (Å²) in [5, 5.41) is 9.64. The van der Waals surface area contributed by atoms with Crippen LogP contribution < -0.4 is 10.5 Å². The van der Waals surface area contributed by atoms with Crippen LogP contribution in [0.15, 0.2) is 18.2 Å². The Morgan fingerprint density at radius 1 is 1.50 bits per heavy atom. The Kier molecular flexibility index (Phi) is 2.11. The maximum atomic E-state index is 9.64. The summed E-state index contributed by atoms with van der Waals surface area (Å²) in [7, 11) is 0. The molecule has 1 aliphatic carbocycles. The van der Waals surface area contributed by atoms with Gasteiger partial charge in [0.15, 0.2) is 0 Å². The zero-order valence-electron chi connectivity index (χ0n) is 8.29. The Hall–Kier alpha value is -1.22. The molecule has 0 aromatic heterocycles. The molecule has 0 unspecified atom stereocenters. The largest absolute Gasteiger partial charge is 0.508 e. The van der Waals surface area contributed by atoms with Gasteiger partial charge in [0.05, 0.1) is 6.61 Å². The molecule has 0 bridgehead atoms. The molecular weight excluding hydrogens is 178 g/mol. The maximum absolute atomic E-state index is 9.64. The van der Waals surface area contributed by atoms with Crippen LogP contribution in [0.3, 0.4) is 0 Å². The lowest BCUT2D eigenvalue weighted by molar-refractivity contribution is 0.338. The molecular formula is C11H15NO2. The number of hydrogen-bond acceptors (Lipinski definition) is 3. The van der Waals surface area contributed by atoms with E-state index in [1.54, 1.807) is 12.1 Å². The normalized spacial score (nSPS) is 17.9. The highest BCUT2D eigenvalue weighted by Crippen LogP contribution is 2.47. The number of benzene rings is 1. The van der Waals surface area contributed by atoms with Gasteiger partial charge in [-0.2, -0.15) is 0 Å². The molecule has 1 fully saturated rings. The SMILES string of the molecule is CCOc1ccc(O)c(C2(N)CC2)c1. The van der Waals surface area contributed by atoms with Gasteiger partial charge in [-0.15, -0.1) is 0 Å². The molecule has 76 valence electrons. The predicted octanol–water partition coefficient (Wildman–Crippen LogP) is 1.74. The van der Waals surface area contributed by atoms with Crippen molar-refractivity contribution in [3.63, 3.8) is 0 Å². The van der Waals surface area contributed by atoms with Gasteiger partial charge in [-0.3, -0.25) is 0 Å². The lowest BCUT2D eigenvalue weighted by atomic mass is 10.0. The molecule has 0 amide bonds. The minimum absolute atomic E-state index is 0.272. The Bertz CT molecular complexity index is 345. The molecule has 2 rings (SSSR count). The van der Waals surface area contributed by atoms with E-state index < -0.39 is 0 Å². The van der Waals surface area contributed by atoms with Crippen molar-refractivity contribution in [1.82, 2.24) is 0 Å². The minimum Gasteiger partial charge on any atom is -0.508 e. The summed E-state index contributed by atoms with van der Waals surface area (Å²) in [6, 6.07) is 5.24. The Balaban J connectivity index is 2.33. The van der Waals surface area contributed by atoms with Crippen LogP contribution >= 0.6 is 0 Å². The number of rotatable bonds is 3. The Morgan fingerprint density at radius 2 is 2.21 bits per heavy atom. The third kappa shape index (κ3) is 1.55. The molecule has 0 spiro atoms. The van der Waals surface area contributed by atoms with Crippen LogP contribution in [0.2, 0.25) is 0 Å². The van der Waals surface area contributed by atoms with E-state index in [0.717, 1.165) is 24.2 Å². The second-order valence-electron chi connectivity index (χ2n) is 3.77. The highest BCUT2D eigenvalue weighted by atomic mass is 16.5. The van der Waals surface area contributed by atoms with Gasteiger partial charge in [-0.25, -0.2) is 0 Å². The average molecular weight is 193 g/mol. The number of nitrogens with two attached hydrogens (primary N) is 1. The first-order chi connectivity index (χ1) is 6.65. The van der Waals surface area contributed by atoms with E-state index in [9.17, 15) is 5.11 Å². The van der Waals surface area contributed by atoms with Crippen molar-refractivity contribution >= 4 is 0 Å². The second kappa shape index (κ2) is 3.17. The van der Waals surface area contributed by atoms with Crippen LogP contribution in [-0.4, -0.2) is 11.7 Å². The zero-order chi connectivity index (χ0) is 10.2. The van der Waals surface area contributed by atoms with Gasteiger partial charge < -0.3 is 15.6 Å². The van der Waals surface area contributed by atoms with Crippen LogP contribution in [0.25, 0.3) is 0 Å². The third-order valence-electron chi connectivity index (χ3n) is 2.60. The highest BCUT2D eigenvalue weighted by Gasteiger charge is 2.42. The summed E-state index contributed by atoms with van der Waals surface area (Å²) in [6.45, 7) is 2.56. The first-order valence-corrected chi connectivity index (χ1v) is 4.91. The summed E-state index contributed by atoms with van der Waals surface area (Å²) in [5.74, 6) is 1.05. The molecule has 3 heteroatoms. The second-order valence-corrected chi connectivity index (χ2v) is 3.77. The van der Waals surface area contributed by atoms with E-state index in [-0.39, 0.29) is 11.3 Å². The van der Waals surface area contributed by atoms with E-state index >= 15 is 0 Å². The van der Waals surface area contributed by atoms with Crippen molar-refractivity contribution < 1.29 is 9.84 Å². The quantitative estimate of drug-likeness (QED) is 0.768. The molecule has 3 N–H and O–H groups in total. The molecule has 3 nitrogen and oxygen atoms in total. The summed E-state index contributed by atoms with van der Waals surface area (Å²) in [5.41, 5.74) is 6.52. The monoisotopic (exact) mass is 193 g/mol. The van der Waals surface area contributed by atoms with Crippen molar-refractivity contribution in [3.8, 4) is 11.5 Å². The van der Waals surface area contributed by atoms with E-state index in [1.165, 1.54) is 0 Å². The first-order valence-electron chi connectivity index (χ1n) is 4.91. The Morgan fingerprint density at radius 3 is 2.79 bits per heavy atom. The fourth-order valence-corrected chi connectivity index (χ4v) is 1.57. The maximum Gasteiger partial charge on any atom is 0.120 e. The van der Waals surface area contributed by atoms with Crippen molar-refractivity contribution in [3.05, 3.63) is 23.8 Å². The Labute approximate surface area is 83.5 Å². The predicted molar refractivity (Wildman–Crippen MR) is 54.4 cm³/mol.